The fourth-order valence-electron chi connectivity index (χ4n) is 4.87. The molecule has 0 radical (unpaired) electrons. The van der Waals surface area contributed by atoms with E-state index in [9.17, 15) is 4.79 Å². The Balaban J connectivity index is 1.50. The number of likely N-dealkylation sites (tertiary alicyclic amines) is 1. The van der Waals surface area contributed by atoms with Crippen LogP contribution in [0.1, 0.15) is 40.8 Å². The summed E-state index contributed by atoms with van der Waals surface area (Å²) in [5, 5.41) is 2.90. The van der Waals surface area contributed by atoms with E-state index in [-0.39, 0.29) is 11.3 Å². The Hall–Kier alpha value is -2.34. The summed E-state index contributed by atoms with van der Waals surface area (Å²) in [6, 6.07) is 18.1. The molecule has 1 aliphatic heterocycles. The monoisotopic (exact) mass is 510 g/mol. The largest absolute Gasteiger partial charge is 0.493 e. The number of halogens is 1. The van der Waals surface area contributed by atoms with Crippen LogP contribution in [0.15, 0.2) is 60.0 Å². The second kappa shape index (κ2) is 11.6. The highest BCUT2D eigenvalue weighted by Gasteiger charge is 2.39. The zero-order valence-electron chi connectivity index (χ0n) is 20.9. The molecule has 0 unspecified atom stereocenters. The first kappa shape index (κ1) is 25.7. The summed E-state index contributed by atoms with van der Waals surface area (Å²) in [7, 11) is 1.90. The molecule has 1 aliphatic rings. The quantitative estimate of drug-likeness (QED) is 0.320. The Bertz CT molecular complexity index is 1130. The van der Waals surface area contributed by atoms with Gasteiger partial charge in [0.25, 0.3) is 0 Å². The number of carbonyl (C=O) groups is 1. The van der Waals surface area contributed by atoms with Gasteiger partial charge in [-0.1, -0.05) is 41.9 Å². The van der Waals surface area contributed by atoms with Crippen molar-refractivity contribution in [2.24, 2.45) is 5.41 Å². The van der Waals surface area contributed by atoms with Gasteiger partial charge in [0.15, 0.2) is 0 Å². The third kappa shape index (κ3) is 6.87. The van der Waals surface area contributed by atoms with Gasteiger partial charge >= 0.3 is 0 Å². The molecule has 0 saturated carbocycles. The van der Waals surface area contributed by atoms with Crippen LogP contribution >= 0.6 is 22.9 Å². The number of nitrogens with zero attached hydrogens (tertiary/aromatic N) is 2. The Morgan fingerprint density at radius 2 is 1.94 bits per heavy atom. The van der Waals surface area contributed by atoms with Crippen molar-refractivity contribution < 1.29 is 9.53 Å². The van der Waals surface area contributed by atoms with Gasteiger partial charge in [-0.15, -0.1) is 11.3 Å². The maximum Gasteiger partial charge on any atom is 0.223 e. The molecule has 6 heteroatoms. The molecule has 2 heterocycles. The maximum absolute atomic E-state index is 13.4. The summed E-state index contributed by atoms with van der Waals surface area (Å²) in [5.74, 6) is 0.974. The lowest BCUT2D eigenvalue weighted by molar-refractivity contribution is -0.135. The van der Waals surface area contributed by atoms with Crippen molar-refractivity contribution in [1.82, 2.24) is 9.80 Å². The minimum Gasteiger partial charge on any atom is -0.493 e. The summed E-state index contributed by atoms with van der Waals surface area (Å²) >= 11 is 8.03. The lowest BCUT2D eigenvalue weighted by atomic mass is 9.77. The highest BCUT2D eigenvalue weighted by molar-refractivity contribution is 7.10. The predicted molar refractivity (Wildman–Crippen MR) is 145 cm³/mol. The topological polar surface area (TPSA) is 32.8 Å². The molecule has 1 aromatic heterocycles. The summed E-state index contributed by atoms with van der Waals surface area (Å²) in [4.78, 5) is 19.2. The smallest absolute Gasteiger partial charge is 0.223 e. The summed E-state index contributed by atoms with van der Waals surface area (Å²) in [5.41, 5.74) is 3.25. The molecule has 2 aromatic carbocycles. The van der Waals surface area contributed by atoms with Crippen molar-refractivity contribution in [3.63, 3.8) is 0 Å². The molecule has 4 rings (SSSR count). The number of amides is 1. The van der Waals surface area contributed by atoms with Crippen molar-refractivity contribution in [3.8, 4) is 5.75 Å². The van der Waals surface area contributed by atoms with Crippen molar-refractivity contribution >= 4 is 28.8 Å². The normalized spacial score (nSPS) is 18.4. The van der Waals surface area contributed by atoms with Gasteiger partial charge in [-0.05, 0) is 79.6 Å². The number of carbonyl (C=O) groups excluding carboxylic acids is 1. The molecule has 0 aliphatic carbocycles. The number of piperidine rings is 1. The van der Waals surface area contributed by atoms with Crippen molar-refractivity contribution in [1.29, 1.82) is 0 Å². The van der Waals surface area contributed by atoms with Crippen LogP contribution in [0, 0.1) is 19.3 Å². The highest BCUT2D eigenvalue weighted by atomic mass is 35.5. The average molecular weight is 511 g/mol. The van der Waals surface area contributed by atoms with Gasteiger partial charge in [0, 0.05) is 48.4 Å². The average Bonchev–Trinajstić information content (AvgIpc) is 3.25. The number of hydrogen-bond donors (Lipinski definition) is 0. The molecule has 3 aromatic rings. The zero-order valence-corrected chi connectivity index (χ0v) is 22.5. The van der Waals surface area contributed by atoms with Gasteiger partial charge in [0.05, 0.1) is 6.61 Å². The second-order valence-electron chi connectivity index (χ2n) is 9.95. The Labute approximate surface area is 218 Å². The number of hydrogen-bond acceptors (Lipinski definition) is 4. The molecular weight excluding hydrogens is 476 g/mol. The van der Waals surface area contributed by atoms with Crippen LogP contribution in [0.4, 0.5) is 0 Å². The number of rotatable bonds is 9. The Morgan fingerprint density at radius 1 is 1.14 bits per heavy atom. The van der Waals surface area contributed by atoms with Crippen LogP contribution < -0.4 is 4.74 Å². The van der Waals surface area contributed by atoms with Gasteiger partial charge < -0.3 is 9.64 Å². The van der Waals surface area contributed by atoms with Crippen LogP contribution in [-0.2, 0) is 17.9 Å². The van der Waals surface area contributed by atoms with E-state index in [0.717, 1.165) is 54.4 Å². The van der Waals surface area contributed by atoms with E-state index in [2.05, 4.69) is 35.4 Å². The maximum atomic E-state index is 13.4. The van der Waals surface area contributed by atoms with E-state index in [4.69, 9.17) is 16.3 Å². The van der Waals surface area contributed by atoms with Crippen molar-refractivity contribution in [2.75, 3.05) is 26.7 Å². The number of benzene rings is 2. The molecule has 186 valence electrons. The van der Waals surface area contributed by atoms with Crippen LogP contribution in [-0.4, -0.2) is 42.5 Å². The minimum absolute atomic E-state index is 0.166. The first-order chi connectivity index (χ1) is 16.8. The van der Waals surface area contributed by atoms with E-state index in [1.807, 2.05) is 66.6 Å². The summed E-state index contributed by atoms with van der Waals surface area (Å²) in [6.07, 6.45) is 2.51. The van der Waals surface area contributed by atoms with Gasteiger partial charge in [-0.2, -0.15) is 0 Å². The molecule has 4 nitrogen and oxygen atoms in total. The second-order valence-corrected chi connectivity index (χ2v) is 11.4. The zero-order chi connectivity index (χ0) is 24.8. The lowest BCUT2D eigenvalue weighted by Gasteiger charge is -2.43. The molecular formula is C29H35ClN2O2S. The van der Waals surface area contributed by atoms with Crippen molar-refractivity contribution in [3.05, 3.63) is 86.6 Å². The van der Waals surface area contributed by atoms with Gasteiger partial charge in [-0.3, -0.25) is 9.69 Å². The standard InChI is InChI=1S/C29H35ClN2O2S/c1-22-12-15-35-27(22)19-32-14-7-13-29(20-32,21-34-25-10-11-26(30)23(2)16-25)17-28(33)31(3)18-24-8-5-4-6-9-24/h4-6,8-12,15-16H,7,13-14,17-21H2,1-3H3/t29-/m1/s1. The molecule has 0 bridgehead atoms. The molecule has 35 heavy (non-hydrogen) atoms. The molecule has 1 atom stereocenters. The molecule has 1 fully saturated rings. The first-order valence-corrected chi connectivity index (χ1v) is 13.5. The van der Waals surface area contributed by atoms with E-state index < -0.39 is 0 Å². The highest BCUT2D eigenvalue weighted by Crippen LogP contribution is 2.37. The number of thiophene rings is 1. The molecule has 0 N–H and O–H groups in total. The van der Waals surface area contributed by atoms with E-state index >= 15 is 0 Å². The fourth-order valence-corrected chi connectivity index (χ4v) is 5.94. The third-order valence-corrected chi connectivity index (χ3v) is 8.40. The van der Waals surface area contributed by atoms with Crippen LogP contribution in [0.5, 0.6) is 5.75 Å². The van der Waals surface area contributed by atoms with Gasteiger partial charge in [-0.25, -0.2) is 0 Å². The van der Waals surface area contributed by atoms with Crippen LogP contribution in [0.2, 0.25) is 5.02 Å². The van der Waals surface area contributed by atoms with Gasteiger partial charge in [0.1, 0.15) is 5.75 Å². The predicted octanol–water partition coefficient (Wildman–Crippen LogP) is 6.73. The summed E-state index contributed by atoms with van der Waals surface area (Å²) < 4.78 is 6.34. The summed E-state index contributed by atoms with van der Waals surface area (Å²) in [6.45, 7) is 8.12. The van der Waals surface area contributed by atoms with E-state index in [1.165, 1.54) is 10.4 Å². The van der Waals surface area contributed by atoms with Crippen molar-refractivity contribution in [2.45, 2.75) is 46.2 Å². The minimum atomic E-state index is -0.237. The fraction of sp³-hybridized carbons (Fsp3) is 0.414. The Kier molecular flexibility index (Phi) is 8.53. The Morgan fingerprint density at radius 3 is 2.66 bits per heavy atom. The lowest BCUT2D eigenvalue weighted by Crippen LogP contribution is -2.48. The number of ether oxygens (including phenoxy) is 1. The van der Waals surface area contributed by atoms with Crippen LogP contribution in [0.3, 0.4) is 0 Å². The van der Waals surface area contributed by atoms with E-state index in [1.54, 1.807) is 0 Å². The molecule has 1 saturated heterocycles. The molecule has 0 spiro atoms. The van der Waals surface area contributed by atoms with Gasteiger partial charge in [0.2, 0.25) is 5.91 Å². The van der Waals surface area contributed by atoms with E-state index in [0.29, 0.717) is 19.6 Å². The first-order valence-electron chi connectivity index (χ1n) is 12.3. The molecule has 1 amide bonds. The third-order valence-electron chi connectivity index (χ3n) is 6.96. The SMILES string of the molecule is Cc1cc(OC[C@@]2(CC(=O)N(C)Cc3ccccc3)CCCN(Cc3sccc3C)C2)ccc1Cl. The van der Waals surface area contributed by atoms with Crippen LogP contribution in [0.25, 0.3) is 0 Å². The number of aryl methyl sites for hydroxylation is 2.